The minimum Gasteiger partial charge on any atom is -0.491 e. The van der Waals surface area contributed by atoms with E-state index in [1.165, 1.54) is 5.56 Å². The Hall–Kier alpha value is -1.06. The molecule has 3 heteroatoms. The molecule has 112 valence electrons. The number of ether oxygens (including phenoxy) is 1. The third-order valence-electron chi connectivity index (χ3n) is 4.18. The number of nitrogens with one attached hydrogen (secondary N) is 1. The lowest BCUT2D eigenvalue weighted by molar-refractivity contribution is 0.00140. The summed E-state index contributed by atoms with van der Waals surface area (Å²) in [5, 5.41) is 13.7. The summed E-state index contributed by atoms with van der Waals surface area (Å²) in [7, 11) is 0. The van der Waals surface area contributed by atoms with Crippen molar-refractivity contribution in [2.45, 2.75) is 57.6 Å². The van der Waals surface area contributed by atoms with Gasteiger partial charge in [0, 0.05) is 6.04 Å². The lowest BCUT2D eigenvalue weighted by Gasteiger charge is -2.22. The lowest BCUT2D eigenvalue weighted by atomic mass is 10.0. The van der Waals surface area contributed by atoms with E-state index in [9.17, 15) is 5.11 Å². The largest absolute Gasteiger partial charge is 0.491 e. The molecular formula is C17H27NO2. The summed E-state index contributed by atoms with van der Waals surface area (Å²) in [4.78, 5) is 0. The van der Waals surface area contributed by atoms with Gasteiger partial charge in [-0.2, -0.15) is 0 Å². The molecule has 1 aromatic carbocycles. The van der Waals surface area contributed by atoms with Gasteiger partial charge in [0.25, 0.3) is 0 Å². The average Bonchev–Trinajstić information content (AvgIpc) is 2.91. The molecule has 1 unspecified atom stereocenters. The van der Waals surface area contributed by atoms with E-state index in [1.54, 1.807) is 0 Å². The molecule has 1 fully saturated rings. The molecule has 0 bridgehead atoms. The molecule has 3 nitrogen and oxygen atoms in total. The highest BCUT2D eigenvalue weighted by Gasteiger charge is 2.31. The van der Waals surface area contributed by atoms with Crippen molar-refractivity contribution >= 4 is 0 Å². The van der Waals surface area contributed by atoms with Crippen LogP contribution in [0.25, 0.3) is 0 Å². The topological polar surface area (TPSA) is 41.5 Å². The molecule has 20 heavy (non-hydrogen) atoms. The number of benzene rings is 1. The van der Waals surface area contributed by atoms with Crippen LogP contribution in [0.1, 0.15) is 57.6 Å². The summed E-state index contributed by atoms with van der Waals surface area (Å²) in [5.41, 5.74) is 0.690. The summed E-state index contributed by atoms with van der Waals surface area (Å²) in [6.07, 6.45) is 5.03. The predicted molar refractivity (Wildman–Crippen MR) is 82.1 cm³/mol. The molecule has 0 radical (unpaired) electrons. The van der Waals surface area contributed by atoms with Crippen molar-refractivity contribution in [1.82, 2.24) is 5.32 Å². The van der Waals surface area contributed by atoms with E-state index in [-0.39, 0.29) is 0 Å². The third-order valence-corrected chi connectivity index (χ3v) is 4.18. The van der Waals surface area contributed by atoms with Crippen LogP contribution in [0.2, 0.25) is 0 Å². The van der Waals surface area contributed by atoms with Gasteiger partial charge >= 0.3 is 0 Å². The third kappa shape index (κ3) is 3.97. The first-order valence-electron chi connectivity index (χ1n) is 7.85. The highest BCUT2D eigenvalue weighted by atomic mass is 16.5. The predicted octanol–water partition coefficient (Wildman–Crippen LogP) is 3.43. The normalized spacial score (nSPS) is 18.9. The van der Waals surface area contributed by atoms with E-state index in [4.69, 9.17) is 4.74 Å². The first-order chi connectivity index (χ1) is 9.67. The highest BCUT2D eigenvalue weighted by molar-refractivity contribution is 5.29. The van der Waals surface area contributed by atoms with Crippen LogP contribution in [-0.4, -0.2) is 23.9 Å². The van der Waals surface area contributed by atoms with Crippen LogP contribution in [0.4, 0.5) is 0 Å². The van der Waals surface area contributed by atoms with E-state index in [0.29, 0.717) is 12.6 Å². The number of hydrogen-bond donors (Lipinski definition) is 2. The van der Waals surface area contributed by atoms with Crippen LogP contribution < -0.4 is 10.1 Å². The maximum Gasteiger partial charge on any atom is 0.119 e. The first kappa shape index (κ1) is 15.3. The van der Waals surface area contributed by atoms with Crippen molar-refractivity contribution in [3.8, 4) is 5.75 Å². The minimum absolute atomic E-state index is 0.410. The molecule has 1 aliphatic rings. The van der Waals surface area contributed by atoms with Gasteiger partial charge in [-0.05, 0) is 43.5 Å². The second-order valence-corrected chi connectivity index (χ2v) is 5.81. The molecule has 1 aromatic rings. The van der Waals surface area contributed by atoms with E-state index in [2.05, 4.69) is 31.3 Å². The fourth-order valence-electron chi connectivity index (χ4n) is 2.94. The smallest absolute Gasteiger partial charge is 0.119 e. The summed E-state index contributed by atoms with van der Waals surface area (Å²) >= 11 is 0. The average molecular weight is 277 g/mol. The van der Waals surface area contributed by atoms with Crippen LogP contribution >= 0.6 is 0 Å². The number of hydrogen-bond acceptors (Lipinski definition) is 3. The maximum absolute atomic E-state index is 10.3. The van der Waals surface area contributed by atoms with Gasteiger partial charge in [0.2, 0.25) is 0 Å². The minimum atomic E-state index is -0.603. The molecule has 0 saturated heterocycles. The Kier molecular flexibility index (Phi) is 5.44. The summed E-state index contributed by atoms with van der Waals surface area (Å²) < 4.78 is 5.75. The SMILES string of the molecule is CCNC(CC)c1ccc(OCC2(O)CCCC2)cc1. The summed E-state index contributed by atoms with van der Waals surface area (Å²) in [5.74, 6) is 0.848. The molecule has 0 heterocycles. The summed E-state index contributed by atoms with van der Waals surface area (Å²) in [6, 6.07) is 8.66. The van der Waals surface area contributed by atoms with Crippen LogP contribution in [0.5, 0.6) is 5.75 Å². The van der Waals surface area contributed by atoms with Gasteiger partial charge in [-0.3, -0.25) is 0 Å². The van der Waals surface area contributed by atoms with Crippen LogP contribution in [0.15, 0.2) is 24.3 Å². The quantitative estimate of drug-likeness (QED) is 0.802. The van der Waals surface area contributed by atoms with Crippen molar-refractivity contribution in [3.63, 3.8) is 0 Å². The number of rotatable bonds is 7. The highest BCUT2D eigenvalue weighted by Crippen LogP contribution is 2.30. The van der Waals surface area contributed by atoms with Gasteiger partial charge in [0.1, 0.15) is 12.4 Å². The van der Waals surface area contributed by atoms with Gasteiger partial charge in [-0.1, -0.05) is 38.8 Å². The molecule has 1 atom stereocenters. The Morgan fingerprint density at radius 3 is 2.40 bits per heavy atom. The fourth-order valence-corrected chi connectivity index (χ4v) is 2.94. The van der Waals surface area contributed by atoms with Crippen molar-refractivity contribution < 1.29 is 9.84 Å². The van der Waals surface area contributed by atoms with Crippen molar-refractivity contribution in [1.29, 1.82) is 0 Å². The van der Waals surface area contributed by atoms with Gasteiger partial charge in [-0.25, -0.2) is 0 Å². The first-order valence-corrected chi connectivity index (χ1v) is 7.85. The zero-order valence-electron chi connectivity index (χ0n) is 12.7. The Balaban J connectivity index is 1.90. The molecule has 0 aromatic heterocycles. The van der Waals surface area contributed by atoms with E-state index in [1.807, 2.05) is 12.1 Å². The van der Waals surface area contributed by atoms with Crippen LogP contribution in [-0.2, 0) is 0 Å². The van der Waals surface area contributed by atoms with Gasteiger partial charge in [-0.15, -0.1) is 0 Å². The van der Waals surface area contributed by atoms with Gasteiger partial charge in [0.15, 0.2) is 0 Å². The van der Waals surface area contributed by atoms with E-state index < -0.39 is 5.60 Å². The Morgan fingerprint density at radius 2 is 1.85 bits per heavy atom. The molecule has 2 N–H and O–H groups in total. The molecule has 0 aliphatic heterocycles. The zero-order valence-corrected chi connectivity index (χ0v) is 12.7. The molecule has 2 rings (SSSR count). The molecule has 1 aliphatic carbocycles. The van der Waals surface area contributed by atoms with Crippen LogP contribution in [0.3, 0.4) is 0 Å². The van der Waals surface area contributed by atoms with E-state index in [0.717, 1.165) is 44.4 Å². The molecule has 0 amide bonds. The van der Waals surface area contributed by atoms with Gasteiger partial charge in [0.05, 0.1) is 5.60 Å². The van der Waals surface area contributed by atoms with E-state index >= 15 is 0 Å². The van der Waals surface area contributed by atoms with Gasteiger partial charge < -0.3 is 15.2 Å². The Morgan fingerprint density at radius 1 is 1.20 bits per heavy atom. The van der Waals surface area contributed by atoms with Crippen LogP contribution in [0, 0.1) is 0 Å². The monoisotopic (exact) mass is 277 g/mol. The standard InChI is InChI=1S/C17H27NO2/c1-3-16(18-4-2)14-7-9-15(10-8-14)20-13-17(19)11-5-6-12-17/h7-10,16,18-19H,3-6,11-13H2,1-2H3. The zero-order chi connectivity index (χ0) is 14.4. The molecule has 1 saturated carbocycles. The lowest BCUT2D eigenvalue weighted by Crippen LogP contribution is -2.32. The second kappa shape index (κ2) is 7.09. The fraction of sp³-hybridized carbons (Fsp3) is 0.647. The summed E-state index contributed by atoms with van der Waals surface area (Å²) in [6.45, 7) is 5.70. The number of aliphatic hydroxyl groups is 1. The second-order valence-electron chi connectivity index (χ2n) is 5.81. The molecular weight excluding hydrogens is 250 g/mol. The molecule has 0 spiro atoms. The maximum atomic E-state index is 10.3. The van der Waals surface area contributed by atoms with Crippen molar-refractivity contribution in [2.24, 2.45) is 0 Å². The Labute approximate surface area is 122 Å². The van der Waals surface area contributed by atoms with Crippen molar-refractivity contribution in [3.05, 3.63) is 29.8 Å². The Bertz CT molecular complexity index is 396. The van der Waals surface area contributed by atoms with Crippen molar-refractivity contribution in [2.75, 3.05) is 13.2 Å².